The number of nitrogens with one attached hydrogen (secondary N) is 1. The lowest BCUT2D eigenvalue weighted by atomic mass is 10.0. The van der Waals surface area contributed by atoms with Crippen LogP contribution in [0.25, 0.3) is 0 Å². The summed E-state index contributed by atoms with van der Waals surface area (Å²) in [6, 6.07) is 31.7. The van der Waals surface area contributed by atoms with Gasteiger partial charge in [-0.25, -0.2) is 0 Å². The molecular weight excluding hydrogens is 366 g/mol. The zero-order chi connectivity index (χ0) is 20.9. The predicted molar refractivity (Wildman–Crippen MR) is 126 cm³/mol. The van der Waals surface area contributed by atoms with Crippen molar-refractivity contribution < 1.29 is 4.74 Å². The molecule has 0 bridgehead atoms. The highest BCUT2D eigenvalue weighted by molar-refractivity contribution is 5.60. The maximum absolute atomic E-state index is 6.04. The van der Waals surface area contributed by atoms with Crippen LogP contribution in [0.3, 0.4) is 0 Å². The summed E-state index contributed by atoms with van der Waals surface area (Å²) in [6.45, 7) is 6.27. The second-order valence-electron chi connectivity index (χ2n) is 7.88. The van der Waals surface area contributed by atoms with Crippen LogP contribution in [0.5, 0.6) is 11.5 Å². The topological polar surface area (TPSA) is 21.3 Å². The minimum absolute atomic E-state index is 0.864. The van der Waals surface area contributed by atoms with Crippen molar-refractivity contribution in [2.45, 2.75) is 27.2 Å². The molecule has 0 aliphatic carbocycles. The van der Waals surface area contributed by atoms with Gasteiger partial charge in [0.1, 0.15) is 11.5 Å². The Labute approximate surface area is 179 Å². The van der Waals surface area contributed by atoms with Gasteiger partial charge in [0.25, 0.3) is 0 Å². The number of hydrogen-bond acceptors (Lipinski definition) is 2. The van der Waals surface area contributed by atoms with Crippen LogP contribution in [0.15, 0.2) is 91.0 Å². The Morgan fingerprint density at radius 1 is 0.600 bits per heavy atom. The van der Waals surface area contributed by atoms with E-state index in [-0.39, 0.29) is 0 Å². The molecule has 0 spiro atoms. The molecule has 2 nitrogen and oxygen atoms in total. The van der Waals surface area contributed by atoms with Gasteiger partial charge in [-0.1, -0.05) is 59.7 Å². The molecule has 1 N–H and O–H groups in total. The molecule has 0 aromatic heterocycles. The van der Waals surface area contributed by atoms with Gasteiger partial charge in [-0.15, -0.1) is 0 Å². The van der Waals surface area contributed by atoms with Gasteiger partial charge < -0.3 is 10.1 Å². The van der Waals surface area contributed by atoms with E-state index in [0.29, 0.717) is 0 Å². The van der Waals surface area contributed by atoms with E-state index < -0.39 is 0 Å². The third kappa shape index (κ3) is 5.09. The Balaban J connectivity index is 1.37. The Bertz CT molecular complexity index is 1110. The van der Waals surface area contributed by atoms with Crippen LogP contribution in [0.4, 0.5) is 11.4 Å². The molecule has 0 aliphatic rings. The summed E-state index contributed by atoms with van der Waals surface area (Å²) in [4.78, 5) is 0. The van der Waals surface area contributed by atoms with Gasteiger partial charge in [-0.3, -0.25) is 0 Å². The van der Waals surface area contributed by atoms with Crippen molar-refractivity contribution in [2.75, 3.05) is 5.32 Å². The number of anilines is 2. The summed E-state index contributed by atoms with van der Waals surface area (Å²) in [5.41, 5.74) is 8.41. The molecule has 0 fully saturated rings. The van der Waals surface area contributed by atoms with Crippen molar-refractivity contribution >= 4 is 11.4 Å². The minimum Gasteiger partial charge on any atom is -0.457 e. The number of benzene rings is 4. The fraction of sp³-hybridized carbons (Fsp3) is 0.143. The fourth-order valence-electron chi connectivity index (χ4n) is 3.46. The van der Waals surface area contributed by atoms with E-state index in [0.717, 1.165) is 34.9 Å². The van der Waals surface area contributed by atoms with Crippen molar-refractivity contribution in [3.63, 3.8) is 0 Å². The number of hydrogen-bond donors (Lipinski definition) is 1. The molecule has 150 valence electrons. The highest BCUT2D eigenvalue weighted by atomic mass is 16.5. The zero-order valence-electron chi connectivity index (χ0n) is 17.8. The van der Waals surface area contributed by atoms with Gasteiger partial charge in [0.05, 0.1) is 0 Å². The average molecular weight is 394 g/mol. The van der Waals surface area contributed by atoms with Crippen LogP contribution < -0.4 is 10.1 Å². The lowest BCUT2D eigenvalue weighted by Gasteiger charge is -2.10. The molecule has 0 atom stereocenters. The van der Waals surface area contributed by atoms with E-state index in [4.69, 9.17) is 4.74 Å². The molecule has 0 unspecified atom stereocenters. The second kappa shape index (κ2) is 8.87. The number of rotatable bonds is 6. The fourth-order valence-corrected chi connectivity index (χ4v) is 3.46. The first kappa shape index (κ1) is 19.8. The largest absolute Gasteiger partial charge is 0.457 e. The molecule has 0 saturated heterocycles. The lowest BCUT2D eigenvalue weighted by molar-refractivity contribution is 0.478. The summed E-state index contributed by atoms with van der Waals surface area (Å²) in [5, 5.41) is 3.44. The van der Waals surface area contributed by atoms with E-state index in [1.165, 1.54) is 22.3 Å². The number of aryl methyl sites for hydroxylation is 3. The quantitative estimate of drug-likeness (QED) is 0.362. The Kier molecular flexibility index (Phi) is 5.85. The van der Waals surface area contributed by atoms with Crippen molar-refractivity contribution in [2.24, 2.45) is 0 Å². The second-order valence-corrected chi connectivity index (χ2v) is 7.88. The van der Waals surface area contributed by atoms with Crippen LogP contribution in [-0.2, 0) is 6.42 Å². The molecule has 30 heavy (non-hydrogen) atoms. The highest BCUT2D eigenvalue weighted by Crippen LogP contribution is 2.26. The van der Waals surface area contributed by atoms with Crippen molar-refractivity contribution in [1.29, 1.82) is 0 Å². The van der Waals surface area contributed by atoms with Gasteiger partial charge >= 0.3 is 0 Å². The SMILES string of the molecule is Cc1ccc(Nc2ccc(Cc3ccc(Oc4ccc(C)cc4C)cc3)cc2)cc1. The van der Waals surface area contributed by atoms with Gasteiger partial charge in [0.15, 0.2) is 0 Å². The summed E-state index contributed by atoms with van der Waals surface area (Å²) in [5.74, 6) is 1.77. The van der Waals surface area contributed by atoms with Crippen LogP contribution in [0, 0.1) is 20.8 Å². The average Bonchev–Trinajstić information content (AvgIpc) is 2.74. The van der Waals surface area contributed by atoms with Gasteiger partial charge in [-0.2, -0.15) is 0 Å². The third-order valence-corrected chi connectivity index (χ3v) is 5.18. The smallest absolute Gasteiger partial charge is 0.130 e. The lowest BCUT2D eigenvalue weighted by Crippen LogP contribution is -1.93. The molecule has 0 heterocycles. The normalized spacial score (nSPS) is 10.6. The van der Waals surface area contributed by atoms with E-state index in [1.54, 1.807) is 0 Å². The zero-order valence-corrected chi connectivity index (χ0v) is 17.8. The summed E-state index contributed by atoms with van der Waals surface area (Å²) in [7, 11) is 0. The van der Waals surface area contributed by atoms with E-state index in [1.807, 2.05) is 18.2 Å². The van der Waals surface area contributed by atoms with Gasteiger partial charge in [-0.05, 0) is 86.3 Å². The molecule has 0 radical (unpaired) electrons. The third-order valence-electron chi connectivity index (χ3n) is 5.18. The first-order chi connectivity index (χ1) is 14.5. The van der Waals surface area contributed by atoms with Gasteiger partial charge in [0, 0.05) is 11.4 Å². The molecular formula is C28H27NO. The molecule has 4 aromatic rings. The monoisotopic (exact) mass is 393 g/mol. The van der Waals surface area contributed by atoms with Crippen LogP contribution in [0.1, 0.15) is 27.8 Å². The molecule has 0 amide bonds. The number of ether oxygens (including phenoxy) is 1. The molecule has 4 aromatic carbocycles. The van der Waals surface area contributed by atoms with Crippen molar-refractivity contribution in [3.8, 4) is 11.5 Å². The van der Waals surface area contributed by atoms with Crippen LogP contribution in [-0.4, -0.2) is 0 Å². The van der Waals surface area contributed by atoms with Gasteiger partial charge in [0.2, 0.25) is 0 Å². The first-order valence-corrected chi connectivity index (χ1v) is 10.3. The summed E-state index contributed by atoms with van der Waals surface area (Å²) in [6.07, 6.45) is 0.897. The molecule has 0 aliphatic heterocycles. The summed E-state index contributed by atoms with van der Waals surface area (Å²) >= 11 is 0. The molecule has 0 saturated carbocycles. The van der Waals surface area contributed by atoms with E-state index in [2.05, 4.69) is 98.9 Å². The Morgan fingerprint density at radius 2 is 1.13 bits per heavy atom. The predicted octanol–water partition coefficient (Wildman–Crippen LogP) is 7.74. The van der Waals surface area contributed by atoms with Crippen LogP contribution in [0.2, 0.25) is 0 Å². The Hall–Kier alpha value is -3.52. The maximum Gasteiger partial charge on any atom is 0.130 e. The van der Waals surface area contributed by atoms with Crippen LogP contribution >= 0.6 is 0 Å². The van der Waals surface area contributed by atoms with Crippen molar-refractivity contribution in [1.82, 2.24) is 0 Å². The van der Waals surface area contributed by atoms with E-state index in [9.17, 15) is 0 Å². The highest BCUT2D eigenvalue weighted by Gasteiger charge is 2.03. The molecule has 2 heteroatoms. The maximum atomic E-state index is 6.04. The minimum atomic E-state index is 0.864. The standard InChI is InChI=1S/C28H27NO/c1-20-4-11-25(12-5-20)29-26-13-7-23(8-14-26)19-24-9-15-27(16-10-24)30-28-17-6-21(2)18-22(28)3/h4-18,29H,19H2,1-3H3. The first-order valence-electron chi connectivity index (χ1n) is 10.3. The van der Waals surface area contributed by atoms with Crippen molar-refractivity contribution in [3.05, 3.63) is 119 Å². The Morgan fingerprint density at radius 3 is 1.73 bits per heavy atom. The molecule has 4 rings (SSSR count). The summed E-state index contributed by atoms with van der Waals surface area (Å²) < 4.78 is 6.04. The van der Waals surface area contributed by atoms with E-state index >= 15 is 0 Å².